The molecular formula is C10H13N5O4. The third-order valence-corrected chi connectivity index (χ3v) is 2.20. The predicted octanol–water partition coefficient (Wildman–Crippen LogP) is -0.425. The lowest BCUT2D eigenvalue weighted by molar-refractivity contribution is -0.384. The fraction of sp³-hybridized carbons (Fsp3) is 0.200. The molecule has 0 radical (unpaired) electrons. The van der Waals surface area contributed by atoms with Crippen LogP contribution in [0, 0.1) is 10.1 Å². The number of carbonyl (C=O) groups excluding carboxylic acids is 2. The fourth-order valence-electron chi connectivity index (χ4n) is 1.41. The third kappa shape index (κ3) is 3.84. The van der Waals surface area contributed by atoms with Crippen molar-refractivity contribution in [3.8, 4) is 0 Å². The summed E-state index contributed by atoms with van der Waals surface area (Å²) >= 11 is 0. The Labute approximate surface area is 108 Å². The number of nitrogens with zero attached hydrogens (tertiary/aromatic N) is 1. The zero-order valence-corrected chi connectivity index (χ0v) is 9.88. The number of nitrogens with two attached hydrogens (primary N) is 2. The van der Waals surface area contributed by atoms with Crippen LogP contribution in [-0.4, -0.2) is 30.0 Å². The monoisotopic (exact) mass is 267 g/mol. The summed E-state index contributed by atoms with van der Waals surface area (Å²) in [5.41, 5.74) is 9.63. The van der Waals surface area contributed by atoms with Crippen molar-refractivity contribution in [1.29, 1.82) is 0 Å². The summed E-state index contributed by atoms with van der Waals surface area (Å²) in [5, 5.41) is 15.5. The van der Waals surface area contributed by atoms with Crippen molar-refractivity contribution >= 4 is 23.3 Å². The lowest BCUT2D eigenvalue weighted by atomic mass is 10.1. The van der Waals surface area contributed by atoms with Gasteiger partial charge >= 0.3 is 11.7 Å². The first-order chi connectivity index (χ1) is 8.93. The number of amides is 3. The van der Waals surface area contributed by atoms with E-state index in [0.29, 0.717) is 0 Å². The molecule has 9 heteroatoms. The molecule has 0 bridgehead atoms. The maximum Gasteiger partial charge on any atom is 0.312 e. The molecule has 3 amide bonds. The number of rotatable bonds is 5. The molecule has 102 valence electrons. The van der Waals surface area contributed by atoms with Gasteiger partial charge in [-0.25, -0.2) is 4.79 Å². The van der Waals surface area contributed by atoms with Gasteiger partial charge in [-0.15, -0.1) is 0 Å². The summed E-state index contributed by atoms with van der Waals surface area (Å²) in [6.45, 7) is 0.213. The Morgan fingerprint density at radius 3 is 2.47 bits per heavy atom. The molecule has 0 spiro atoms. The maximum atomic E-state index is 11.8. The second-order valence-corrected chi connectivity index (χ2v) is 3.55. The van der Waals surface area contributed by atoms with Crippen molar-refractivity contribution < 1.29 is 14.5 Å². The number of nitrogens with one attached hydrogen (secondary N) is 2. The molecule has 0 fully saturated rings. The van der Waals surface area contributed by atoms with Crippen LogP contribution in [0.4, 0.5) is 16.2 Å². The van der Waals surface area contributed by atoms with E-state index in [1.807, 2.05) is 0 Å². The molecule has 0 saturated heterocycles. The first kappa shape index (κ1) is 14.2. The van der Waals surface area contributed by atoms with Crippen molar-refractivity contribution in [3.63, 3.8) is 0 Å². The molecule has 0 unspecified atom stereocenters. The van der Waals surface area contributed by atoms with Crippen LogP contribution < -0.4 is 22.1 Å². The van der Waals surface area contributed by atoms with Gasteiger partial charge in [-0.05, 0) is 12.1 Å². The number of hydrogen-bond acceptors (Lipinski definition) is 5. The molecule has 0 aromatic heterocycles. The van der Waals surface area contributed by atoms with Gasteiger partial charge in [-0.1, -0.05) is 6.07 Å². The van der Waals surface area contributed by atoms with E-state index in [4.69, 9.17) is 11.5 Å². The molecule has 1 aromatic carbocycles. The highest BCUT2D eigenvalue weighted by Crippen LogP contribution is 2.25. The SMILES string of the molecule is NC(=O)NCCNC(=O)c1cccc(N)c1[N+](=O)[O-]. The molecule has 0 saturated carbocycles. The van der Waals surface area contributed by atoms with Gasteiger partial charge in [0.15, 0.2) is 0 Å². The number of primary amides is 1. The minimum absolute atomic E-state index is 0.0899. The summed E-state index contributed by atoms with van der Waals surface area (Å²) in [6.07, 6.45) is 0. The number of nitrogen functional groups attached to an aromatic ring is 1. The molecule has 1 aromatic rings. The zero-order chi connectivity index (χ0) is 14.4. The van der Waals surface area contributed by atoms with Crippen molar-refractivity contribution in [2.45, 2.75) is 0 Å². The van der Waals surface area contributed by atoms with E-state index in [1.165, 1.54) is 18.2 Å². The molecular weight excluding hydrogens is 254 g/mol. The Balaban J connectivity index is 2.74. The van der Waals surface area contributed by atoms with Crippen molar-refractivity contribution in [3.05, 3.63) is 33.9 Å². The van der Waals surface area contributed by atoms with Crippen molar-refractivity contribution in [1.82, 2.24) is 10.6 Å². The van der Waals surface area contributed by atoms with Gasteiger partial charge in [0.25, 0.3) is 5.91 Å². The summed E-state index contributed by atoms with van der Waals surface area (Å²) in [7, 11) is 0. The summed E-state index contributed by atoms with van der Waals surface area (Å²) in [4.78, 5) is 32.3. The number of carbonyl (C=O) groups is 2. The Hall–Kier alpha value is -2.84. The normalized spacial score (nSPS) is 9.68. The van der Waals surface area contributed by atoms with E-state index in [-0.39, 0.29) is 24.3 Å². The highest BCUT2D eigenvalue weighted by Gasteiger charge is 2.22. The van der Waals surface area contributed by atoms with E-state index in [9.17, 15) is 19.7 Å². The molecule has 0 atom stereocenters. The minimum atomic E-state index is -0.718. The van der Waals surface area contributed by atoms with Crippen LogP contribution in [-0.2, 0) is 0 Å². The third-order valence-electron chi connectivity index (χ3n) is 2.20. The van der Waals surface area contributed by atoms with Crippen LogP contribution in [0.2, 0.25) is 0 Å². The first-order valence-corrected chi connectivity index (χ1v) is 5.28. The Morgan fingerprint density at radius 2 is 1.89 bits per heavy atom. The second-order valence-electron chi connectivity index (χ2n) is 3.55. The van der Waals surface area contributed by atoms with Gasteiger partial charge in [0.2, 0.25) is 0 Å². The molecule has 0 aliphatic heterocycles. The fourth-order valence-corrected chi connectivity index (χ4v) is 1.41. The van der Waals surface area contributed by atoms with E-state index >= 15 is 0 Å². The topological polar surface area (TPSA) is 153 Å². The summed E-state index contributed by atoms with van der Waals surface area (Å²) in [5.74, 6) is -0.648. The number of hydrogen-bond donors (Lipinski definition) is 4. The Morgan fingerprint density at radius 1 is 1.26 bits per heavy atom. The Kier molecular flexibility index (Phi) is 4.63. The van der Waals surface area contributed by atoms with Gasteiger partial charge in [0.05, 0.1) is 4.92 Å². The maximum absolute atomic E-state index is 11.8. The summed E-state index contributed by atoms with van der Waals surface area (Å²) < 4.78 is 0. The second kappa shape index (κ2) is 6.19. The van der Waals surface area contributed by atoms with E-state index in [2.05, 4.69) is 10.6 Å². The van der Waals surface area contributed by atoms with Crippen LogP contribution >= 0.6 is 0 Å². The van der Waals surface area contributed by atoms with Gasteiger partial charge < -0.3 is 22.1 Å². The number of anilines is 1. The molecule has 9 nitrogen and oxygen atoms in total. The van der Waals surface area contributed by atoms with Crippen molar-refractivity contribution in [2.75, 3.05) is 18.8 Å². The molecule has 0 heterocycles. The van der Waals surface area contributed by atoms with Crippen LogP contribution in [0.5, 0.6) is 0 Å². The van der Waals surface area contributed by atoms with Gasteiger partial charge in [-0.3, -0.25) is 14.9 Å². The molecule has 6 N–H and O–H groups in total. The molecule has 19 heavy (non-hydrogen) atoms. The zero-order valence-electron chi connectivity index (χ0n) is 9.88. The number of benzene rings is 1. The van der Waals surface area contributed by atoms with Crippen LogP contribution in [0.25, 0.3) is 0 Å². The van der Waals surface area contributed by atoms with Gasteiger partial charge in [0, 0.05) is 13.1 Å². The molecule has 0 aliphatic carbocycles. The molecule has 0 aliphatic rings. The quantitative estimate of drug-likeness (QED) is 0.247. The number of urea groups is 1. The first-order valence-electron chi connectivity index (χ1n) is 5.28. The number of nitro benzene ring substituents is 1. The minimum Gasteiger partial charge on any atom is -0.393 e. The number of para-hydroxylation sites is 1. The highest BCUT2D eigenvalue weighted by atomic mass is 16.6. The van der Waals surface area contributed by atoms with E-state index in [0.717, 1.165) is 0 Å². The largest absolute Gasteiger partial charge is 0.393 e. The van der Waals surface area contributed by atoms with Crippen LogP contribution in [0.3, 0.4) is 0 Å². The van der Waals surface area contributed by atoms with Crippen LogP contribution in [0.15, 0.2) is 18.2 Å². The average Bonchev–Trinajstić information content (AvgIpc) is 2.33. The standard InChI is InChI=1S/C10H13N5O4/c11-7-3-1-2-6(8(7)15(18)19)9(16)13-4-5-14-10(12)17/h1-3H,4-5,11H2,(H,13,16)(H3,12,14,17). The van der Waals surface area contributed by atoms with Crippen molar-refractivity contribution in [2.24, 2.45) is 5.73 Å². The lowest BCUT2D eigenvalue weighted by Crippen LogP contribution is -2.37. The van der Waals surface area contributed by atoms with Gasteiger partial charge in [0.1, 0.15) is 11.3 Å². The van der Waals surface area contributed by atoms with E-state index < -0.39 is 22.5 Å². The van der Waals surface area contributed by atoms with E-state index in [1.54, 1.807) is 0 Å². The molecule has 1 rings (SSSR count). The lowest BCUT2D eigenvalue weighted by Gasteiger charge is -2.07. The smallest absolute Gasteiger partial charge is 0.312 e. The number of nitro groups is 1. The highest BCUT2D eigenvalue weighted by molar-refractivity contribution is 6.00. The average molecular weight is 267 g/mol. The summed E-state index contributed by atoms with van der Waals surface area (Å²) in [6, 6.07) is 3.36. The van der Waals surface area contributed by atoms with Crippen LogP contribution in [0.1, 0.15) is 10.4 Å². The van der Waals surface area contributed by atoms with Gasteiger partial charge in [-0.2, -0.15) is 0 Å². The Bertz CT molecular complexity index is 517. The predicted molar refractivity (Wildman–Crippen MR) is 67.4 cm³/mol.